The zero-order valence-corrected chi connectivity index (χ0v) is 12.2. The standard InChI is InChI=1S/C16H18ClNO/c1-11-4-9-15(16(10-11)19-3)12(2)18-14-7-5-13(17)6-8-14/h4-10,12,18H,1-3H3. The van der Waals surface area contributed by atoms with Crippen LogP contribution in [-0.2, 0) is 0 Å². The highest BCUT2D eigenvalue weighted by molar-refractivity contribution is 6.30. The Morgan fingerprint density at radius 3 is 2.42 bits per heavy atom. The Kier molecular flexibility index (Phi) is 4.33. The largest absolute Gasteiger partial charge is 0.496 e. The van der Waals surface area contributed by atoms with E-state index >= 15 is 0 Å². The van der Waals surface area contributed by atoms with Gasteiger partial charge in [0.25, 0.3) is 0 Å². The summed E-state index contributed by atoms with van der Waals surface area (Å²) in [5.41, 5.74) is 3.38. The van der Waals surface area contributed by atoms with Crippen LogP contribution in [0.25, 0.3) is 0 Å². The van der Waals surface area contributed by atoms with Crippen LogP contribution in [0.15, 0.2) is 42.5 Å². The first-order valence-electron chi connectivity index (χ1n) is 6.27. The monoisotopic (exact) mass is 275 g/mol. The molecule has 0 heterocycles. The van der Waals surface area contributed by atoms with Crippen LogP contribution in [0.1, 0.15) is 24.1 Å². The number of aryl methyl sites for hydroxylation is 1. The number of nitrogens with one attached hydrogen (secondary N) is 1. The fourth-order valence-electron chi connectivity index (χ4n) is 2.05. The summed E-state index contributed by atoms with van der Waals surface area (Å²) in [7, 11) is 1.70. The van der Waals surface area contributed by atoms with E-state index in [4.69, 9.17) is 16.3 Å². The third-order valence-electron chi connectivity index (χ3n) is 3.08. The molecule has 0 spiro atoms. The van der Waals surface area contributed by atoms with Crippen molar-refractivity contribution in [3.8, 4) is 5.75 Å². The van der Waals surface area contributed by atoms with Crippen molar-refractivity contribution in [2.45, 2.75) is 19.9 Å². The summed E-state index contributed by atoms with van der Waals surface area (Å²) in [4.78, 5) is 0. The van der Waals surface area contributed by atoms with Crippen molar-refractivity contribution in [3.63, 3.8) is 0 Å². The molecule has 2 nitrogen and oxygen atoms in total. The maximum Gasteiger partial charge on any atom is 0.124 e. The normalized spacial score (nSPS) is 12.0. The Balaban J connectivity index is 2.19. The van der Waals surface area contributed by atoms with Gasteiger partial charge in [-0.3, -0.25) is 0 Å². The van der Waals surface area contributed by atoms with E-state index in [-0.39, 0.29) is 6.04 Å². The first-order chi connectivity index (χ1) is 9.10. The lowest BCUT2D eigenvalue weighted by molar-refractivity contribution is 0.407. The van der Waals surface area contributed by atoms with Crippen molar-refractivity contribution in [1.82, 2.24) is 0 Å². The summed E-state index contributed by atoms with van der Waals surface area (Å²) in [6, 6.07) is 14.1. The fourth-order valence-corrected chi connectivity index (χ4v) is 2.18. The Hall–Kier alpha value is -1.67. The predicted octanol–water partition coefficient (Wildman–Crippen LogP) is 4.83. The molecule has 0 aromatic heterocycles. The molecule has 1 atom stereocenters. The number of hydrogen-bond acceptors (Lipinski definition) is 2. The van der Waals surface area contributed by atoms with Gasteiger partial charge in [-0.25, -0.2) is 0 Å². The second kappa shape index (κ2) is 5.98. The first kappa shape index (κ1) is 13.8. The average molecular weight is 276 g/mol. The maximum absolute atomic E-state index is 5.88. The van der Waals surface area contributed by atoms with Crippen molar-refractivity contribution >= 4 is 17.3 Å². The molecule has 2 rings (SSSR count). The van der Waals surface area contributed by atoms with E-state index < -0.39 is 0 Å². The van der Waals surface area contributed by atoms with E-state index in [0.717, 1.165) is 22.0 Å². The molecule has 0 aliphatic carbocycles. The molecule has 0 aliphatic rings. The van der Waals surface area contributed by atoms with Crippen LogP contribution in [0.2, 0.25) is 5.02 Å². The van der Waals surface area contributed by atoms with Crippen LogP contribution in [0.3, 0.4) is 0 Å². The molecular formula is C16H18ClNO. The molecule has 1 N–H and O–H groups in total. The van der Waals surface area contributed by atoms with Crippen molar-refractivity contribution in [2.24, 2.45) is 0 Å². The van der Waals surface area contributed by atoms with Crippen LogP contribution in [0.4, 0.5) is 5.69 Å². The molecule has 0 saturated heterocycles. The smallest absolute Gasteiger partial charge is 0.124 e. The van der Waals surface area contributed by atoms with Crippen molar-refractivity contribution in [3.05, 3.63) is 58.6 Å². The second-order valence-corrected chi connectivity index (χ2v) is 5.05. The van der Waals surface area contributed by atoms with Gasteiger partial charge in [-0.2, -0.15) is 0 Å². The van der Waals surface area contributed by atoms with Gasteiger partial charge in [0.15, 0.2) is 0 Å². The van der Waals surface area contributed by atoms with E-state index in [1.165, 1.54) is 5.56 Å². The van der Waals surface area contributed by atoms with Gasteiger partial charge in [0.2, 0.25) is 0 Å². The average Bonchev–Trinajstić information content (AvgIpc) is 2.41. The van der Waals surface area contributed by atoms with E-state index in [0.29, 0.717) is 0 Å². The number of anilines is 1. The molecular weight excluding hydrogens is 258 g/mol. The summed E-state index contributed by atoms with van der Waals surface area (Å²) in [6.07, 6.45) is 0. The lowest BCUT2D eigenvalue weighted by Gasteiger charge is -2.19. The zero-order chi connectivity index (χ0) is 13.8. The Morgan fingerprint density at radius 1 is 1.11 bits per heavy atom. The van der Waals surface area contributed by atoms with E-state index in [1.807, 2.05) is 24.3 Å². The molecule has 0 radical (unpaired) electrons. The zero-order valence-electron chi connectivity index (χ0n) is 11.4. The summed E-state index contributed by atoms with van der Waals surface area (Å²) in [6.45, 7) is 4.17. The summed E-state index contributed by atoms with van der Waals surface area (Å²) < 4.78 is 5.44. The van der Waals surface area contributed by atoms with Crippen LogP contribution in [0, 0.1) is 6.92 Å². The third kappa shape index (κ3) is 3.42. The first-order valence-corrected chi connectivity index (χ1v) is 6.64. The quantitative estimate of drug-likeness (QED) is 0.863. The van der Waals surface area contributed by atoms with Gasteiger partial charge in [-0.15, -0.1) is 0 Å². The van der Waals surface area contributed by atoms with Gasteiger partial charge in [-0.1, -0.05) is 23.7 Å². The van der Waals surface area contributed by atoms with Crippen LogP contribution in [-0.4, -0.2) is 7.11 Å². The second-order valence-electron chi connectivity index (χ2n) is 4.62. The summed E-state index contributed by atoms with van der Waals surface area (Å²) >= 11 is 5.88. The van der Waals surface area contributed by atoms with Crippen LogP contribution < -0.4 is 10.1 Å². The Labute approximate surface area is 119 Å². The number of benzene rings is 2. The van der Waals surface area contributed by atoms with Crippen molar-refractivity contribution in [2.75, 3.05) is 12.4 Å². The van der Waals surface area contributed by atoms with Gasteiger partial charge in [0, 0.05) is 16.3 Å². The highest BCUT2D eigenvalue weighted by Gasteiger charge is 2.11. The van der Waals surface area contributed by atoms with Crippen LogP contribution in [0.5, 0.6) is 5.75 Å². The van der Waals surface area contributed by atoms with Gasteiger partial charge in [-0.05, 0) is 49.7 Å². The molecule has 3 heteroatoms. The lowest BCUT2D eigenvalue weighted by atomic mass is 10.0. The number of halogens is 1. The molecule has 1 unspecified atom stereocenters. The fraction of sp³-hybridized carbons (Fsp3) is 0.250. The molecule has 100 valence electrons. The van der Waals surface area contributed by atoms with Gasteiger partial charge >= 0.3 is 0 Å². The molecule has 0 amide bonds. The molecule has 0 saturated carbocycles. The van der Waals surface area contributed by atoms with E-state index in [9.17, 15) is 0 Å². The third-order valence-corrected chi connectivity index (χ3v) is 3.33. The molecule has 2 aromatic carbocycles. The minimum Gasteiger partial charge on any atom is -0.496 e. The van der Waals surface area contributed by atoms with Gasteiger partial charge in [0.05, 0.1) is 13.2 Å². The van der Waals surface area contributed by atoms with Crippen LogP contribution >= 0.6 is 11.6 Å². The molecule has 0 aliphatic heterocycles. The minimum absolute atomic E-state index is 0.164. The Bertz CT molecular complexity index is 551. The number of hydrogen-bond donors (Lipinski definition) is 1. The Morgan fingerprint density at radius 2 is 1.79 bits per heavy atom. The molecule has 2 aromatic rings. The van der Waals surface area contributed by atoms with Crippen molar-refractivity contribution < 1.29 is 4.74 Å². The SMILES string of the molecule is COc1cc(C)ccc1C(C)Nc1ccc(Cl)cc1. The molecule has 0 fully saturated rings. The predicted molar refractivity (Wildman–Crippen MR) is 81.2 cm³/mol. The molecule has 0 bridgehead atoms. The molecule has 19 heavy (non-hydrogen) atoms. The van der Waals surface area contributed by atoms with Gasteiger partial charge < -0.3 is 10.1 Å². The van der Waals surface area contributed by atoms with Crippen molar-refractivity contribution in [1.29, 1.82) is 0 Å². The topological polar surface area (TPSA) is 21.3 Å². The number of methoxy groups -OCH3 is 1. The number of ether oxygens (including phenoxy) is 1. The summed E-state index contributed by atoms with van der Waals surface area (Å²) in [5.74, 6) is 0.911. The summed E-state index contributed by atoms with van der Waals surface area (Å²) in [5, 5.41) is 4.18. The van der Waals surface area contributed by atoms with E-state index in [1.54, 1.807) is 7.11 Å². The minimum atomic E-state index is 0.164. The van der Waals surface area contributed by atoms with Gasteiger partial charge in [0.1, 0.15) is 5.75 Å². The highest BCUT2D eigenvalue weighted by atomic mass is 35.5. The number of rotatable bonds is 4. The van der Waals surface area contributed by atoms with E-state index in [2.05, 4.69) is 37.4 Å². The highest BCUT2D eigenvalue weighted by Crippen LogP contribution is 2.28. The maximum atomic E-state index is 5.88. The lowest BCUT2D eigenvalue weighted by Crippen LogP contribution is -2.08.